The highest BCUT2D eigenvalue weighted by Gasteiger charge is 2.15. The van der Waals surface area contributed by atoms with E-state index in [1.165, 1.54) is 28.3 Å². The van der Waals surface area contributed by atoms with Crippen LogP contribution in [0.2, 0.25) is 0 Å². The second-order valence-electron chi connectivity index (χ2n) is 5.12. The van der Waals surface area contributed by atoms with E-state index in [0.29, 0.717) is 34.2 Å². The minimum absolute atomic E-state index is 0.256. The van der Waals surface area contributed by atoms with E-state index < -0.39 is 0 Å². The Bertz CT molecular complexity index is 789. The molecule has 0 radical (unpaired) electrons. The van der Waals surface area contributed by atoms with Gasteiger partial charge in [-0.05, 0) is 24.3 Å². The second kappa shape index (κ2) is 8.05. The van der Waals surface area contributed by atoms with E-state index in [1.807, 2.05) is 0 Å². The molecular formula is C18H20N2O5. The van der Waals surface area contributed by atoms with Gasteiger partial charge in [0.2, 0.25) is 5.91 Å². The van der Waals surface area contributed by atoms with Crippen LogP contribution in [0.15, 0.2) is 36.4 Å². The standard InChI is InChI=1S/C18H20N2O5/c1-11(21)19-14-9-15(17(25-4)10-16(14)24-3)20-18(22)12-6-5-7-13(8-12)23-2/h5-10H,1-4H3,(H,19,21)(H,20,22). The molecule has 0 bridgehead atoms. The van der Waals surface area contributed by atoms with Gasteiger partial charge in [-0.3, -0.25) is 9.59 Å². The zero-order valence-electron chi connectivity index (χ0n) is 14.5. The molecule has 25 heavy (non-hydrogen) atoms. The molecule has 132 valence electrons. The molecule has 2 rings (SSSR count). The number of rotatable bonds is 6. The lowest BCUT2D eigenvalue weighted by molar-refractivity contribution is -0.114. The van der Waals surface area contributed by atoms with Crippen LogP contribution in [0, 0.1) is 0 Å². The van der Waals surface area contributed by atoms with Gasteiger partial charge in [-0.2, -0.15) is 0 Å². The summed E-state index contributed by atoms with van der Waals surface area (Å²) >= 11 is 0. The molecule has 0 saturated carbocycles. The van der Waals surface area contributed by atoms with Crippen LogP contribution in [0.25, 0.3) is 0 Å². The van der Waals surface area contributed by atoms with Crippen molar-refractivity contribution in [1.82, 2.24) is 0 Å². The molecule has 0 aliphatic heterocycles. The van der Waals surface area contributed by atoms with Crippen molar-refractivity contribution in [2.75, 3.05) is 32.0 Å². The molecule has 2 N–H and O–H groups in total. The Labute approximate surface area is 145 Å². The van der Waals surface area contributed by atoms with Crippen LogP contribution >= 0.6 is 0 Å². The van der Waals surface area contributed by atoms with Gasteiger partial charge in [0.1, 0.15) is 17.2 Å². The smallest absolute Gasteiger partial charge is 0.255 e. The van der Waals surface area contributed by atoms with Crippen molar-refractivity contribution in [3.63, 3.8) is 0 Å². The van der Waals surface area contributed by atoms with Crippen molar-refractivity contribution in [1.29, 1.82) is 0 Å². The molecule has 2 amide bonds. The maximum Gasteiger partial charge on any atom is 0.255 e. The molecule has 0 fully saturated rings. The van der Waals surface area contributed by atoms with Gasteiger partial charge >= 0.3 is 0 Å². The number of hydrogen-bond donors (Lipinski definition) is 2. The molecule has 0 aliphatic rings. The molecule has 0 aliphatic carbocycles. The predicted octanol–water partition coefficient (Wildman–Crippen LogP) is 2.92. The largest absolute Gasteiger partial charge is 0.497 e. The fourth-order valence-electron chi connectivity index (χ4n) is 2.24. The number of carbonyl (C=O) groups is 2. The molecule has 0 aromatic heterocycles. The van der Waals surface area contributed by atoms with E-state index in [4.69, 9.17) is 14.2 Å². The molecule has 2 aromatic carbocycles. The highest BCUT2D eigenvalue weighted by Crippen LogP contribution is 2.36. The van der Waals surface area contributed by atoms with Crippen LogP contribution in [-0.4, -0.2) is 33.1 Å². The average molecular weight is 344 g/mol. The number of anilines is 2. The van der Waals surface area contributed by atoms with Gasteiger partial charge in [-0.15, -0.1) is 0 Å². The lowest BCUT2D eigenvalue weighted by Gasteiger charge is -2.16. The van der Waals surface area contributed by atoms with E-state index in [0.717, 1.165) is 0 Å². The van der Waals surface area contributed by atoms with Gasteiger partial charge in [0.05, 0.1) is 32.7 Å². The summed E-state index contributed by atoms with van der Waals surface area (Å²) < 4.78 is 15.7. The third-order valence-electron chi connectivity index (χ3n) is 3.41. The molecule has 0 heterocycles. The number of ether oxygens (including phenoxy) is 3. The lowest BCUT2D eigenvalue weighted by Crippen LogP contribution is -2.14. The third-order valence-corrected chi connectivity index (χ3v) is 3.41. The molecular weight excluding hydrogens is 324 g/mol. The van der Waals surface area contributed by atoms with Crippen molar-refractivity contribution in [2.24, 2.45) is 0 Å². The minimum atomic E-state index is -0.337. The fourth-order valence-corrected chi connectivity index (χ4v) is 2.24. The molecule has 7 nitrogen and oxygen atoms in total. The van der Waals surface area contributed by atoms with Crippen LogP contribution < -0.4 is 24.8 Å². The first kappa shape index (κ1) is 18.1. The minimum Gasteiger partial charge on any atom is -0.497 e. The van der Waals surface area contributed by atoms with Crippen molar-refractivity contribution in [3.8, 4) is 17.2 Å². The van der Waals surface area contributed by atoms with Crippen molar-refractivity contribution < 1.29 is 23.8 Å². The fraction of sp³-hybridized carbons (Fsp3) is 0.222. The first-order chi connectivity index (χ1) is 12.0. The lowest BCUT2D eigenvalue weighted by atomic mass is 10.1. The van der Waals surface area contributed by atoms with Gasteiger partial charge < -0.3 is 24.8 Å². The summed E-state index contributed by atoms with van der Waals surface area (Å²) in [5.41, 5.74) is 1.26. The highest BCUT2D eigenvalue weighted by atomic mass is 16.5. The van der Waals surface area contributed by atoms with Crippen molar-refractivity contribution in [3.05, 3.63) is 42.0 Å². The van der Waals surface area contributed by atoms with E-state index >= 15 is 0 Å². The van der Waals surface area contributed by atoms with Gasteiger partial charge in [0.25, 0.3) is 5.91 Å². The predicted molar refractivity (Wildman–Crippen MR) is 94.8 cm³/mol. The van der Waals surface area contributed by atoms with Crippen LogP contribution in [0.1, 0.15) is 17.3 Å². The monoisotopic (exact) mass is 344 g/mol. The molecule has 0 unspecified atom stereocenters. The summed E-state index contributed by atoms with van der Waals surface area (Å²) in [7, 11) is 4.49. The number of methoxy groups -OCH3 is 3. The van der Waals surface area contributed by atoms with Gasteiger partial charge in [0, 0.05) is 18.6 Å². The Morgan fingerprint density at radius 1 is 0.840 bits per heavy atom. The second-order valence-corrected chi connectivity index (χ2v) is 5.12. The number of nitrogens with one attached hydrogen (secondary N) is 2. The van der Waals surface area contributed by atoms with Crippen molar-refractivity contribution >= 4 is 23.2 Å². The van der Waals surface area contributed by atoms with Crippen LogP contribution in [0.4, 0.5) is 11.4 Å². The van der Waals surface area contributed by atoms with Crippen LogP contribution in [0.3, 0.4) is 0 Å². The van der Waals surface area contributed by atoms with E-state index in [2.05, 4.69) is 10.6 Å². The number of benzene rings is 2. The van der Waals surface area contributed by atoms with Gasteiger partial charge in [-0.25, -0.2) is 0 Å². The van der Waals surface area contributed by atoms with Crippen LogP contribution in [-0.2, 0) is 4.79 Å². The summed E-state index contributed by atoms with van der Waals surface area (Å²) in [6.45, 7) is 1.39. The Morgan fingerprint density at radius 3 is 2.04 bits per heavy atom. The highest BCUT2D eigenvalue weighted by molar-refractivity contribution is 6.06. The summed E-state index contributed by atoms with van der Waals surface area (Å²) in [4.78, 5) is 23.9. The van der Waals surface area contributed by atoms with Crippen LogP contribution in [0.5, 0.6) is 17.2 Å². The first-order valence-electron chi connectivity index (χ1n) is 7.47. The number of hydrogen-bond acceptors (Lipinski definition) is 5. The maximum absolute atomic E-state index is 12.5. The molecule has 7 heteroatoms. The Balaban J connectivity index is 2.36. The quantitative estimate of drug-likeness (QED) is 0.841. The Hall–Kier alpha value is -3.22. The van der Waals surface area contributed by atoms with E-state index in [-0.39, 0.29) is 11.8 Å². The van der Waals surface area contributed by atoms with Gasteiger partial charge in [-0.1, -0.05) is 6.07 Å². The summed E-state index contributed by atoms with van der Waals surface area (Å²) in [5.74, 6) is 0.812. The Kier molecular flexibility index (Phi) is 5.84. The first-order valence-corrected chi connectivity index (χ1v) is 7.47. The third kappa shape index (κ3) is 4.41. The average Bonchev–Trinajstić information content (AvgIpc) is 2.61. The zero-order valence-corrected chi connectivity index (χ0v) is 14.5. The topological polar surface area (TPSA) is 85.9 Å². The maximum atomic E-state index is 12.5. The van der Waals surface area contributed by atoms with Gasteiger partial charge in [0.15, 0.2) is 0 Å². The molecule has 0 saturated heterocycles. The zero-order chi connectivity index (χ0) is 18.4. The number of carbonyl (C=O) groups excluding carboxylic acids is 2. The normalized spacial score (nSPS) is 9.92. The SMILES string of the molecule is COc1cccc(C(=O)Nc2cc(NC(C)=O)c(OC)cc2OC)c1. The summed E-state index contributed by atoms with van der Waals surface area (Å²) in [6, 6.07) is 9.94. The molecule has 2 aromatic rings. The van der Waals surface area contributed by atoms with E-state index in [1.54, 1.807) is 36.4 Å². The molecule has 0 atom stereocenters. The van der Waals surface area contributed by atoms with Crippen molar-refractivity contribution in [2.45, 2.75) is 6.92 Å². The van der Waals surface area contributed by atoms with E-state index in [9.17, 15) is 9.59 Å². The summed E-state index contributed by atoms with van der Waals surface area (Å²) in [6.07, 6.45) is 0. The Morgan fingerprint density at radius 2 is 1.48 bits per heavy atom. The number of amides is 2. The molecule has 0 spiro atoms. The summed E-state index contributed by atoms with van der Waals surface area (Å²) in [5, 5.41) is 5.42.